The smallest absolute Gasteiger partial charge is 0.323 e. The number of aromatic nitrogens is 4. The summed E-state index contributed by atoms with van der Waals surface area (Å²) in [7, 11) is 0. The maximum absolute atomic E-state index is 12.9. The maximum atomic E-state index is 12.9. The molecule has 0 aliphatic heterocycles. The Labute approximate surface area is 167 Å². The quantitative estimate of drug-likeness (QED) is 0.642. The van der Waals surface area contributed by atoms with Crippen molar-refractivity contribution < 1.29 is 18.0 Å². The van der Waals surface area contributed by atoms with Crippen LogP contribution in [0.5, 0.6) is 0 Å². The molecule has 1 heterocycles. The molecular weight excluding hydrogens is 418 g/mol. The monoisotopic (exact) mass is 429 g/mol. The highest BCUT2D eigenvalue weighted by Gasteiger charge is 2.31. The number of rotatable bonds is 4. The lowest BCUT2D eigenvalue weighted by Crippen LogP contribution is -2.25. The number of nitrogens with zero attached hydrogens (tertiary/aromatic N) is 4. The minimum Gasteiger partial charge on any atom is -0.323 e. The Bertz CT molecular complexity index is 1020. The summed E-state index contributed by atoms with van der Waals surface area (Å²) < 4.78 is 38.6. The third-order valence-corrected chi connectivity index (χ3v) is 4.35. The summed E-state index contributed by atoms with van der Waals surface area (Å²) >= 11 is 11.9. The van der Waals surface area contributed by atoms with Crippen LogP contribution >= 0.6 is 23.2 Å². The molecule has 1 aromatic heterocycles. The number of nitrogens with one attached hydrogen (secondary N) is 1. The van der Waals surface area contributed by atoms with Gasteiger partial charge < -0.3 is 5.32 Å². The highest BCUT2D eigenvalue weighted by atomic mass is 35.5. The van der Waals surface area contributed by atoms with Gasteiger partial charge in [-0.05, 0) is 42.5 Å². The summed E-state index contributed by atoms with van der Waals surface area (Å²) in [6.45, 7) is 1.51. The second-order valence-corrected chi connectivity index (χ2v) is 6.65. The third kappa shape index (κ3) is 4.42. The number of hydrogen-bond acceptors (Lipinski definition) is 4. The van der Waals surface area contributed by atoms with Crippen LogP contribution in [0.25, 0.3) is 11.4 Å². The van der Waals surface area contributed by atoms with Crippen LogP contribution < -0.4 is 5.32 Å². The van der Waals surface area contributed by atoms with Crippen LogP contribution in [0.4, 0.5) is 18.9 Å². The molecule has 1 N–H and O–H groups in total. The molecule has 0 radical (unpaired) electrons. The van der Waals surface area contributed by atoms with Gasteiger partial charge in [0.2, 0.25) is 5.82 Å². The zero-order chi connectivity index (χ0) is 20.5. The normalized spacial score (nSPS) is 12.6. The molecule has 0 fully saturated rings. The van der Waals surface area contributed by atoms with E-state index in [1.165, 1.54) is 31.2 Å². The van der Waals surface area contributed by atoms with Gasteiger partial charge in [0.1, 0.15) is 6.04 Å². The van der Waals surface area contributed by atoms with E-state index in [1.54, 1.807) is 6.07 Å². The highest BCUT2D eigenvalue weighted by Crippen LogP contribution is 2.31. The van der Waals surface area contributed by atoms with E-state index in [2.05, 4.69) is 20.7 Å². The lowest BCUT2D eigenvalue weighted by atomic mass is 10.1. The maximum Gasteiger partial charge on any atom is 0.416 e. The molecule has 11 heteroatoms. The topological polar surface area (TPSA) is 72.7 Å². The van der Waals surface area contributed by atoms with Crippen molar-refractivity contribution in [2.45, 2.75) is 19.1 Å². The molecule has 0 bridgehead atoms. The van der Waals surface area contributed by atoms with E-state index in [0.717, 1.165) is 16.9 Å². The second kappa shape index (κ2) is 7.76. The van der Waals surface area contributed by atoms with Gasteiger partial charge in [0.25, 0.3) is 5.91 Å². The Morgan fingerprint density at radius 1 is 1.18 bits per heavy atom. The van der Waals surface area contributed by atoms with Gasteiger partial charge in [0, 0.05) is 10.6 Å². The molecule has 0 spiro atoms. The predicted octanol–water partition coefficient (Wildman–Crippen LogP) is 4.87. The van der Waals surface area contributed by atoms with Crippen molar-refractivity contribution in [3.63, 3.8) is 0 Å². The number of alkyl halides is 3. The fraction of sp³-hybridized carbons (Fsp3) is 0.176. The predicted molar refractivity (Wildman–Crippen MR) is 98.1 cm³/mol. The van der Waals surface area contributed by atoms with Crippen molar-refractivity contribution in [2.75, 3.05) is 5.32 Å². The lowest BCUT2D eigenvalue weighted by molar-refractivity contribution is -0.137. The number of hydrogen-bond donors (Lipinski definition) is 1. The van der Waals surface area contributed by atoms with Gasteiger partial charge in [-0.3, -0.25) is 4.79 Å². The van der Waals surface area contributed by atoms with Crippen molar-refractivity contribution in [3.8, 4) is 11.4 Å². The molecule has 0 aliphatic carbocycles. The molecule has 1 atom stereocenters. The van der Waals surface area contributed by atoms with Gasteiger partial charge in [-0.1, -0.05) is 35.3 Å². The number of benzene rings is 2. The van der Waals surface area contributed by atoms with E-state index in [0.29, 0.717) is 15.7 Å². The van der Waals surface area contributed by atoms with E-state index < -0.39 is 23.7 Å². The number of anilines is 1. The zero-order valence-corrected chi connectivity index (χ0v) is 15.7. The molecule has 0 saturated carbocycles. The van der Waals surface area contributed by atoms with E-state index in [1.807, 2.05) is 0 Å². The van der Waals surface area contributed by atoms with Gasteiger partial charge in [-0.25, -0.2) is 0 Å². The molecule has 3 aromatic rings. The number of amides is 1. The highest BCUT2D eigenvalue weighted by molar-refractivity contribution is 6.35. The van der Waals surface area contributed by atoms with Crippen LogP contribution in [-0.2, 0) is 11.0 Å². The van der Waals surface area contributed by atoms with Crippen molar-refractivity contribution in [3.05, 3.63) is 58.1 Å². The summed E-state index contributed by atoms with van der Waals surface area (Å²) in [5, 5.41) is 14.8. The van der Waals surface area contributed by atoms with E-state index in [-0.39, 0.29) is 11.4 Å². The minimum atomic E-state index is -4.49. The summed E-state index contributed by atoms with van der Waals surface area (Å²) in [5.41, 5.74) is -0.390. The lowest BCUT2D eigenvalue weighted by Gasteiger charge is -2.12. The summed E-state index contributed by atoms with van der Waals surface area (Å²) in [4.78, 5) is 13.4. The van der Waals surface area contributed by atoms with Crippen LogP contribution in [-0.4, -0.2) is 26.1 Å². The first-order chi connectivity index (χ1) is 13.1. The Kier molecular flexibility index (Phi) is 5.57. The third-order valence-electron chi connectivity index (χ3n) is 3.79. The van der Waals surface area contributed by atoms with Crippen molar-refractivity contribution in [1.29, 1.82) is 0 Å². The molecule has 28 heavy (non-hydrogen) atoms. The largest absolute Gasteiger partial charge is 0.416 e. The molecule has 146 valence electrons. The van der Waals surface area contributed by atoms with Gasteiger partial charge in [0.15, 0.2) is 0 Å². The van der Waals surface area contributed by atoms with Crippen molar-refractivity contribution in [2.24, 2.45) is 0 Å². The summed E-state index contributed by atoms with van der Waals surface area (Å²) in [6, 6.07) is 8.21. The molecular formula is C17H12Cl2F3N5O. The van der Waals surface area contributed by atoms with Crippen LogP contribution in [0.1, 0.15) is 18.5 Å². The number of halogens is 5. The Morgan fingerprint density at radius 2 is 1.93 bits per heavy atom. The first-order valence-electron chi connectivity index (χ1n) is 7.88. The van der Waals surface area contributed by atoms with Crippen molar-refractivity contribution in [1.82, 2.24) is 20.2 Å². The van der Waals surface area contributed by atoms with Crippen LogP contribution in [0.15, 0.2) is 42.5 Å². The van der Waals surface area contributed by atoms with E-state index in [4.69, 9.17) is 23.2 Å². The number of tetrazole rings is 1. The average molecular weight is 430 g/mol. The Hall–Kier alpha value is -2.65. The molecule has 0 unspecified atom stereocenters. The van der Waals surface area contributed by atoms with E-state index >= 15 is 0 Å². The van der Waals surface area contributed by atoms with Gasteiger partial charge in [-0.2, -0.15) is 18.0 Å². The zero-order valence-electron chi connectivity index (χ0n) is 14.2. The first kappa shape index (κ1) is 20.1. The molecule has 2 aromatic carbocycles. The fourth-order valence-corrected chi connectivity index (χ4v) is 2.61. The second-order valence-electron chi connectivity index (χ2n) is 5.80. The SMILES string of the molecule is C[C@@H](C(=O)Nc1cc(Cl)ccc1Cl)n1nnc(-c2cccc(C(F)(F)F)c2)n1. The van der Waals surface area contributed by atoms with Crippen LogP contribution in [0.2, 0.25) is 10.0 Å². The molecule has 3 rings (SSSR count). The van der Waals surface area contributed by atoms with Crippen LogP contribution in [0.3, 0.4) is 0 Å². The van der Waals surface area contributed by atoms with Crippen molar-refractivity contribution >= 4 is 34.8 Å². The molecule has 0 saturated heterocycles. The molecule has 0 aliphatic rings. The summed E-state index contributed by atoms with van der Waals surface area (Å²) in [6.07, 6.45) is -4.49. The molecule has 6 nitrogen and oxygen atoms in total. The minimum absolute atomic E-state index is 0.0356. The van der Waals surface area contributed by atoms with E-state index in [9.17, 15) is 18.0 Å². The fourth-order valence-electron chi connectivity index (χ4n) is 2.27. The van der Waals surface area contributed by atoms with Crippen LogP contribution in [0, 0.1) is 0 Å². The van der Waals surface area contributed by atoms with Gasteiger partial charge in [0.05, 0.1) is 16.3 Å². The number of carbonyl (C=O) groups is 1. The Morgan fingerprint density at radius 3 is 2.64 bits per heavy atom. The Balaban J connectivity index is 1.79. The number of carbonyl (C=O) groups excluding carboxylic acids is 1. The average Bonchev–Trinajstić information content (AvgIpc) is 3.13. The van der Waals surface area contributed by atoms with Gasteiger partial charge in [-0.15, -0.1) is 10.2 Å². The van der Waals surface area contributed by atoms with Gasteiger partial charge >= 0.3 is 6.18 Å². The first-order valence-corrected chi connectivity index (χ1v) is 8.64. The standard InChI is InChI=1S/C17H12Cl2F3N5O/c1-9(16(28)23-14-8-12(18)5-6-13(14)19)27-25-15(24-26-27)10-3-2-4-11(7-10)17(20,21)22/h2-9H,1H3,(H,23,28)/t9-/m0/s1. The molecule has 1 amide bonds. The summed E-state index contributed by atoms with van der Waals surface area (Å²) in [5.74, 6) is -0.538.